The zero-order valence-electron chi connectivity index (χ0n) is 18.6. The lowest BCUT2D eigenvalue weighted by Crippen LogP contribution is -2.29. The van der Waals surface area contributed by atoms with Crippen LogP contribution in [0.2, 0.25) is 0 Å². The molecule has 8 nitrogen and oxygen atoms in total. The molecule has 34 heavy (non-hydrogen) atoms. The molecule has 0 unspecified atom stereocenters. The van der Waals surface area contributed by atoms with Crippen molar-refractivity contribution < 1.29 is 22.7 Å². The SMILES string of the molecule is CCOc1ccc(Br)cc1S(=O)(=O)Nc1cccc(N(CCOC(N)=O)Cc2ccccc2)c1. The molecule has 0 bridgehead atoms. The van der Waals surface area contributed by atoms with E-state index in [4.69, 9.17) is 15.2 Å². The first-order valence-electron chi connectivity index (χ1n) is 10.5. The molecule has 0 radical (unpaired) electrons. The highest BCUT2D eigenvalue weighted by Gasteiger charge is 2.21. The minimum Gasteiger partial charge on any atom is -0.492 e. The Morgan fingerprint density at radius 3 is 2.53 bits per heavy atom. The van der Waals surface area contributed by atoms with E-state index >= 15 is 0 Å². The summed E-state index contributed by atoms with van der Waals surface area (Å²) in [5, 5.41) is 0. The molecule has 0 aliphatic rings. The number of ether oxygens (including phenoxy) is 2. The number of primary amides is 1. The first-order chi connectivity index (χ1) is 16.3. The van der Waals surface area contributed by atoms with Gasteiger partial charge in [0.1, 0.15) is 17.3 Å². The number of nitrogens with two attached hydrogens (primary N) is 1. The second-order valence-corrected chi connectivity index (χ2v) is 9.82. The largest absolute Gasteiger partial charge is 0.492 e. The molecule has 0 spiro atoms. The number of amides is 1. The number of benzene rings is 3. The highest BCUT2D eigenvalue weighted by atomic mass is 79.9. The predicted molar refractivity (Wildman–Crippen MR) is 136 cm³/mol. The zero-order chi connectivity index (χ0) is 24.6. The summed E-state index contributed by atoms with van der Waals surface area (Å²) in [4.78, 5) is 13.0. The van der Waals surface area contributed by atoms with Crippen LogP contribution in [0.1, 0.15) is 12.5 Å². The zero-order valence-corrected chi connectivity index (χ0v) is 21.0. The summed E-state index contributed by atoms with van der Waals surface area (Å²) in [6, 6.07) is 21.6. The molecular formula is C24H26BrN3O5S. The Kier molecular flexibility index (Phi) is 8.78. The molecule has 3 rings (SSSR count). The maximum absolute atomic E-state index is 13.2. The van der Waals surface area contributed by atoms with E-state index < -0.39 is 16.1 Å². The van der Waals surface area contributed by atoms with Gasteiger partial charge in [-0.2, -0.15) is 0 Å². The number of carbonyl (C=O) groups is 1. The maximum Gasteiger partial charge on any atom is 0.404 e. The molecule has 10 heteroatoms. The number of anilines is 2. The van der Waals surface area contributed by atoms with Crippen LogP contribution in [0, 0.1) is 0 Å². The van der Waals surface area contributed by atoms with Crippen LogP contribution >= 0.6 is 15.9 Å². The van der Waals surface area contributed by atoms with Crippen molar-refractivity contribution in [1.82, 2.24) is 0 Å². The van der Waals surface area contributed by atoms with E-state index in [0.717, 1.165) is 11.3 Å². The lowest BCUT2D eigenvalue weighted by Gasteiger charge is -2.25. The van der Waals surface area contributed by atoms with E-state index in [1.165, 1.54) is 6.07 Å². The highest BCUT2D eigenvalue weighted by Crippen LogP contribution is 2.30. The Morgan fingerprint density at radius 2 is 1.82 bits per heavy atom. The number of halogens is 1. The van der Waals surface area contributed by atoms with Crippen molar-refractivity contribution in [3.63, 3.8) is 0 Å². The third-order valence-electron chi connectivity index (χ3n) is 4.78. The van der Waals surface area contributed by atoms with Crippen molar-refractivity contribution in [1.29, 1.82) is 0 Å². The van der Waals surface area contributed by atoms with Gasteiger partial charge in [0, 0.05) is 16.7 Å². The molecule has 0 aliphatic heterocycles. The normalized spacial score (nSPS) is 11.0. The monoisotopic (exact) mass is 547 g/mol. The van der Waals surface area contributed by atoms with Gasteiger partial charge in [0.25, 0.3) is 10.0 Å². The predicted octanol–water partition coefficient (Wildman–Crippen LogP) is 4.75. The Labute approximate surface area is 207 Å². The van der Waals surface area contributed by atoms with E-state index in [-0.39, 0.29) is 17.3 Å². The minimum absolute atomic E-state index is 0.0325. The molecule has 0 fully saturated rings. The molecule has 0 aliphatic carbocycles. The second kappa shape index (κ2) is 11.8. The van der Waals surface area contributed by atoms with Crippen molar-refractivity contribution in [3.05, 3.63) is 82.8 Å². The van der Waals surface area contributed by atoms with Crippen molar-refractivity contribution in [3.8, 4) is 5.75 Å². The number of hydrogen-bond donors (Lipinski definition) is 2. The Bertz CT molecular complexity index is 1220. The molecule has 0 aromatic heterocycles. The number of nitrogens with zero attached hydrogens (tertiary/aromatic N) is 1. The second-order valence-electron chi connectivity index (χ2n) is 7.25. The molecule has 0 heterocycles. The molecule has 3 aromatic carbocycles. The molecule has 0 saturated heterocycles. The van der Waals surface area contributed by atoms with Crippen LogP contribution in [0.25, 0.3) is 0 Å². The van der Waals surface area contributed by atoms with Crippen LogP contribution in [-0.4, -0.2) is 34.3 Å². The van der Waals surface area contributed by atoms with Gasteiger partial charge in [-0.1, -0.05) is 52.3 Å². The smallest absolute Gasteiger partial charge is 0.404 e. The van der Waals surface area contributed by atoms with Crippen LogP contribution in [0.5, 0.6) is 5.75 Å². The van der Waals surface area contributed by atoms with E-state index in [2.05, 4.69) is 20.7 Å². The van der Waals surface area contributed by atoms with Gasteiger partial charge in [-0.05, 0) is 48.9 Å². The molecule has 0 saturated carbocycles. The van der Waals surface area contributed by atoms with Gasteiger partial charge in [0.15, 0.2) is 0 Å². The molecule has 3 N–H and O–H groups in total. The summed E-state index contributed by atoms with van der Waals surface area (Å²) in [6.07, 6.45) is -0.847. The molecular weight excluding hydrogens is 522 g/mol. The Morgan fingerprint density at radius 1 is 1.06 bits per heavy atom. The third-order valence-corrected chi connectivity index (χ3v) is 6.68. The van der Waals surface area contributed by atoms with Gasteiger partial charge in [0.2, 0.25) is 0 Å². The molecule has 1 amide bonds. The van der Waals surface area contributed by atoms with E-state index in [1.807, 2.05) is 41.3 Å². The average molecular weight is 548 g/mol. The lowest BCUT2D eigenvalue weighted by atomic mass is 10.2. The van der Waals surface area contributed by atoms with Crippen molar-refractivity contribution in [2.24, 2.45) is 5.73 Å². The highest BCUT2D eigenvalue weighted by molar-refractivity contribution is 9.10. The summed E-state index contributed by atoms with van der Waals surface area (Å²) in [5.41, 5.74) is 7.27. The average Bonchev–Trinajstić information content (AvgIpc) is 2.80. The summed E-state index contributed by atoms with van der Waals surface area (Å²) >= 11 is 3.32. The van der Waals surface area contributed by atoms with Crippen LogP contribution in [-0.2, 0) is 21.3 Å². The summed E-state index contributed by atoms with van der Waals surface area (Å²) in [5.74, 6) is 0.267. The van der Waals surface area contributed by atoms with E-state index in [1.54, 1.807) is 37.3 Å². The number of nitrogens with one attached hydrogen (secondary N) is 1. The van der Waals surface area contributed by atoms with Crippen molar-refractivity contribution >= 4 is 43.4 Å². The van der Waals surface area contributed by atoms with Gasteiger partial charge < -0.3 is 20.1 Å². The quantitative estimate of drug-likeness (QED) is 0.358. The van der Waals surface area contributed by atoms with E-state index in [9.17, 15) is 13.2 Å². The number of carbonyl (C=O) groups excluding carboxylic acids is 1. The van der Waals surface area contributed by atoms with E-state index in [0.29, 0.717) is 29.9 Å². The van der Waals surface area contributed by atoms with Gasteiger partial charge in [-0.3, -0.25) is 4.72 Å². The van der Waals surface area contributed by atoms with Gasteiger partial charge in [-0.15, -0.1) is 0 Å². The first kappa shape index (κ1) is 25.4. The van der Waals surface area contributed by atoms with Crippen LogP contribution in [0.4, 0.5) is 16.2 Å². The number of rotatable bonds is 11. The Hall–Kier alpha value is -3.24. The summed E-state index contributed by atoms with van der Waals surface area (Å²) in [7, 11) is -3.93. The van der Waals surface area contributed by atoms with Gasteiger partial charge in [-0.25, -0.2) is 13.2 Å². The van der Waals surface area contributed by atoms with Crippen LogP contribution in [0.15, 0.2) is 82.2 Å². The van der Waals surface area contributed by atoms with Crippen LogP contribution < -0.4 is 20.1 Å². The van der Waals surface area contributed by atoms with Crippen molar-refractivity contribution in [2.45, 2.75) is 18.4 Å². The number of sulfonamides is 1. The fraction of sp³-hybridized carbons (Fsp3) is 0.208. The summed E-state index contributed by atoms with van der Waals surface area (Å²) < 4.78 is 40.0. The van der Waals surface area contributed by atoms with Gasteiger partial charge >= 0.3 is 6.09 Å². The summed E-state index contributed by atoms with van der Waals surface area (Å²) in [6.45, 7) is 3.11. The van der Waals surface area contributed by atoms with Crippen LogP contribution in [0.3, 0.4) is 0 Å². The number of hydrogen-bond acceptors (Lipinski definition) is 6. The third kappa shape index (κ3) is 7.13. The van der Waals surface area contributed by atoms with Gasteiger partial charge in [0.05, 0.1) is 18.8 Å². The molecule has 180 valence electrons. The fourth-order valence-electron chi connectivity index (χ4n) is 3.30. The standard InChI is InChI=1S/C24H26BrN3O5S/c1-2-32-22-12-11-19(25)15-23(22)34(30,31)27-20-9-6-10-21(16-20)28(13-14-33-24(26)29)17-18-7-4-3-5-8-18/h3-12,15-16,27H,2,13-14,17H2,1H3,(H2,26,29). The lowest BCUT2D eigenvalue weighted by molar-refractivity contribution is 0.159. The van der Waals surface area contributed by atoms with Crippen molar-refractivity contribution in [2.75, 3.05) is 29.4 Å². The topological polar surface area (TPSA) is 111 Å². The fourth-order valence-corrected chi connectivity index (χ4v) is 5.04. The maximum atomic E-state index is 13.2. The minimum atomic E-state index is -3.93. The Balaban J connectivity index is 1.87. The molecule has 3 aromatic rings. The molecule has 0 atom stereocenters. The first-order valence-corrected chi connectivity index (χ1v) is 12.8.